The van der Waals surface area contributed by atoms with Crippen LogP contribution < -0.4 is 5.32 Å². The summed E-state index contributed by atoms with van der Waals surface area (Å²) in [5.74, 6) is -0.543. The van der Waals surface area contributed by atoms with Gasteiger partial charge in [0.25, 0.3) is 5.91 Å². The average molecular weight is 303 g/mol. The third kappa shape index (κ3) is 2.21. The number of amides is 1. The Morgan fingerprint density at radius 3 is 2.57 bits per heavy atom. The molecule has 0 radical (unpaired) electrons. The Balaban J connectivity index is 1.90. The fraction of sp³-hybridized carbons (Fsp3) is 0.0500. The van der Waals surface area contributed by atoms with Gasteiger partial charge in [-0.3, -0.25) is 4.79 Å². The van der Waals surface area contributed by atoms with Crippen molar-refractivity contribution in [2.24, 2.45) is 0 Å². The van der Waals surface area contributed by atoms with E-state index >= 15 is 0 Å². The maximum absolute atomic E-state index is 13.5. The second-order valence-corrected chi connectivity index (χ2v) is 5.72. The first-order valence-electron chi connectivity index (χ1n) is 7.45. The zero-order valence-corrected chi connectivity index (χ0v) is 12.6. The molecule has 0 unspecified atom stereocenters. The minimum atomic E-state index is -0.346. The molecular formula is C20H14FNO. The molecule has 3 aliphatic rings. The summed E-state index contributed by atoms with van der Waals surface area (Å²) in [5, 5.41) is 2.78. The Labute approximate surface area is 133 Å². The van der Waals surface area contributed by atoms with Gasteiger partial charge in [0.15, 0.2) is 0 Å². The first-order chi connectivity index (χ1) is 11.1. The quantitative estimate of drug-likeness (QED) is 0.647. The van der Waals surface area contributed by atoms with E-state index in [4.69, 9.17) is 0 Å². The Bertz CT molecular complexity index is 942. The van der Waals surface area contributed by atoms with Crippen molar-refractivity contribution >= 4 is 23.2 Å². The normalized spacial score (nSPS) is 15.0. The lowest BCUT2D eigenvalue weighted by molar-refractivity contribution is -0.110. The maximum atomic E-state index is 13.5. The number of nitrogens with one attached hydrogen (secondary N) is 1. The second-order valence-electron chi connectivity index (χ2n) is 5.72. The fourth-order valence-electron chi connectivity index (χ4n) is 3.11. The number of carbonyl (C=O) groups excluding carboxylic acids is 1. The molecule has 1 aromatic rings. The van der Waals surface area contributed by atoms with Crippen LogP contribution in [0.25, 0.3) is 22.8 Å². The number of aryl methyl sites for hydroxylation is 1. The van der Waals surface area contributed by atoms with E-state index in [-0.39, 0.29) is 11.7 Å². The van der Waals surface area contributed by atoms with Crippen LogP contribution in [0.15, 0.2) is 54.6 Å². The Morgan fingerprint density at radius 2 is 1.74 bits per heavy atom. The minimum absolute atomic E-state index is 0.196. The van der Waals surface area contributed by atoms with Gasteiger partial charge in [-0.15, -0.1) is 0 Å². The number of halogens is 1. The smallest absolute Gasteiger partial charge is 0.256 e. The van der Waals surface area contributed by atoms with E-state index in [2.05, 4.69) is 17.4 Å². The molecule has 0 aromatic heterocycles. The lowest BCUT2D eigenvalue weighted by atomic mass is 10.0. The molecule has 0 spiro atoms. The highest BCUT2D eigenvalue weighted by atomic mass is 19.1. The molecule has 0 saturated heterocycles. The molecule has 1 aliphatic heterocycles. The zero-order chi connectivity index (χ0) is 16.0. The van der Waals surface area contributed by atoms with Crippen molar-refractivity contribution in [2.45, 2.75) is 6.92 Å². The Kier molecular flexibility index (Phi) is 3.01. The summed E-state index contributed by atoms with van der Waals surface area (Å²) in [6.07, 6.45) is 1.84. The molecule has 0 fully saturated rings. The molecule has 3 heteroatoms. The minimum Gasteiger partial charge on any atom is -0.321 e. The zero-order valence-electron chi connectivity index (χ0n) is 12.6. The van der Waals surface area contributed by atoms with Crippen molar-refractivity contribution < 1.29 is 9.18 Å². The second kappa shape index (κ2) is 5.06. The van der Waals surface area contributed by atoms with Crippen molar-refractivity contribution in [1.29, 1.82) is 0 Å². The van der Waals surface area contributed by atoms with E-state index in [1.807, 2.05) is 37.3 Å². The van der Waals surface area contributed by atoms with Gasteiger partial charge in [-0.25, -0.2) is 4.39 Å². The van der Waals surface area contributed by atoms with Crippen molar-refractivity contribution in [1.82, 2.24) is 0 Å². The summed E-state index contributed by atoms with van der Waals surface area (Å²) in [6, 6.07) is 16.5. The van der Waals surface area contributed by atoms with E-state index in [1.54, 1.807) is 6.07 Å². The molecule has 0 saturated carbocycles. The van der Waals surface area contributed by atoms with Crippen molar-refractivity contribution in [3.63, 3.8) is 0 Å². The first-order valence-corrected chi connectivity index (χ1v) is 7.45. The molecule has 0 bridgehead atoms. The predicted octanol–water partition coefficient (Wildman–Crippen LogP) is 4.73. The fourth-order valence-corrected chi connectivity index (χ4v) is 3.11. The van der Waals surface area contributed by atoms with Gasteiger partial charge in [0.1, 0.15) is 5.82 Å². The summed E-state index contributed by atoms with van der Waals surface area (Å²) in [5.41, 5.74) is 6.12. The molecule has 112 valence electrons. The molecule has 2 aliphatic carbocycles. The van der Waals surface area contributed by atoms with Crippen LogP contribution in [0.2, 0.25) is 0 Å². The summed E-state index contributed by atoms with van der Waals surface area (Å²) < 4.78 is 13.5. The van der Waals surface area contributed by atoms with Crippen LogP contribution in [0.4, 0.5) is 10.1 Å². The molecule has 0 atom stereocenters. The molecule has 2 nitrogen and oxygen atoms in total. The lowest BCUT2D eigenvalue weighted by Gasteiger charge is -2.00. The summed E-state index contributed by atoms with van der Waals surface area (Å²) >= 11 is 0. The SMILES string of the molecule is Cc1cc(C=C2C(=O)Nc3ccc(F)cc32)c2cccccc1-2. The Hall–Kier alpha value is -2.94. The van der Waals surface area contributed by atoms with Crippen LogP contribution >= 0.6 is 0 Å². The van der Waals surface area contributed by atoms with E-state index < -0.39 is 0 Å². The number of fused-ring (bicyclic) bond motifs is 2. The Morgan fingerprint density at radius 1 is 0.957 bits per heavy atom. The third-order valence-corrected chi connectivity index (χ3v) is 4.21. The van der Waals surface area contributed by atoms with E-state index in [1.165, 1.54) is 12.1 Å². The lowest BCUT2D eigenvalue weighted by Crippen LogP contribution is -2.03. The van der Waals surface area contributed by atoms with Crippen LogP contribution in [0.1, 0.15) is 16.7 Å². The van der Waals surface area contributed by atoms with Gasteiger partial charge in [-0.05, 0) is 53.5 Å². The van der Waals surface area contributed by atoms with Crippen molar-refractivity contribution in [2.75, 3.05) is 5.32 Å². The number of hydrogen-bond acceptors (Lipinski definition) is 1. The molecule has 1 aromatic carbocycles. The van der Waals surface area contributed by atoms with Gasteiger partial charge in [0, 0.05) is 16.8 Å². The first kappa shape index (κ1) is 13.7. The highest BCUT2D eigenvalue weighted by Crippen LogP contribution is 2.37. The molecule has 1 N–H and O–H groups in total. The third-order valence-electron chi connectivity index (χ3n) is 4.21. The number of benzene rings is 1. The summed E-state index contributed by atoms with van der Waals surface area (Å²) in [7, 11) is 0. The molecule has 4 rings (SSSR count). The van der Waals surface area contributed by atoms with Crippen molar-refractivity contribution in [3.05, 3.63) is 77.1 Å². The molecule has 23 heavy (non-hydrogen) atoms. The van der Waals surface area contributed by atoms with Gasteiger partial charge in [-0.2, -0.15) is 0 Å². The largest absolute Gasteiger partial charge is 0.321 e. The summed E-state index contributed by atoms with van der Waals surface area (Å²) in [6.45, 7) is 2.05. The predicted molar refractivity (Wildman–Crippen MR) is 90.7 cm³/mol. The molecule has 1 amide bonds. The maximum Gasteiger partial charge on any atom is 0.256 e. The van der Waals surface area contributed by atoms with Crippen LogP contribution in [-0.2, 0) is 4.79 Å². The van der Waals surface area contributed by atoms with E-state index in [9.17, 15) is 9.18 Å². The standard InChI is InChI=1S/C20H14FNO/c1-12-9-13(16-6-4-2-3-5-15(12)16)10-18-17-11-14(21)7-8-19(17)22-20(18)23/h2-11H,1H3,(H,22,23). The van der Waals surface area contributed by atoms with Gasteiger partial charge < -0.3 is 5.32 Å². The van der Waals surface area contributed by atoms with E-state index in [0.717, 1.165) is 22.3 Å². The van der Waals surface area contributed by atoms with Crippen LogP contribution in [0, 0.1) is 12.7 Å². The number of anilines is 1. The topological polar surface area (TPSA) is 29.1 Å². The summed E-state index contributed by atoms with van der Waals surface area (Å²) in [4.78, 5) is 12.2. The van der Waals surface area contributed by atoms with E-state index in [0.29, 0.717) is 16.8 Å². The molecule has 1 heterocycles. The van der Waals surface area contributed by atoms with Crippen LogP contribution in [0.5, 0.6) is 0 Å². The van der Waals surface area contributed by atoms with Gasteiger partial charge in [-0.1, -0.05) is 36.4 Å². The van der Waals surface area contributed by atoms with Gasteiger partial charge in [0.05, 0.1) is 0 Å². The molecular weight excluding hydrogens is 289 g/mol. The van der Waals surface area contributed by atoms with Gasteiger partial charge >= 0.3 is 0 Å². The van der Waals surface area contributed by atoms with Gasteiger partial charge in [0.2, 0.25) is 0 Å². The highest BCUT2D eigenvalue weighted by molar-refractivity contribution is 6.35. The number of hydrogen-bond donors (Lipinski definition) is 1. The monoisotopic (exact) mass is 303 g/mol. The van der Waals surface area contributed by atoms with Crippen molar-refractivity contribution in [3.8, 4) is 11.1 Å². The number of carbonyl (C=O) groups is 1. The van der Waals surface area contributed by atoms with Crippen LogP contribution in [0.3, 0.4) is 0 Å². The highest BCUT2D eigenvalue weighted by Gasteiger charge is 2.25. The average Bonchev–Trinajstić information content (AvgIpc) is 2.86. The van der Waals surface area contributed by atoms with Crippen LogP contribution in [-0.4, -0.2) is 5.91 Å². The number of rotatable bonds is 1.